The van der Waals surface area contributed by atoms with Crippen molar-refractivity contribution in [3.63, 3.8) is 0 Å². The highest BCUT2D eigenvalue weighted by molar-refractivity contribution is 5.79. The summed E-state index contributed by atoms with van der Waals surface area (Å²) in [6.45, 7) is 4.22. The van der Waals surface area contributed by atoms with Gasteiger partial charge < -0.3 is 0 Å². The first-order valence-electron chi connectivity index (χ1n) is 4.99. The first-order valence-corrected chi connectivity index (χ1v) is 4.99. The normalized spacial score (nSPS) is 10.5. The number of carbonyl (C=O) groups is 1. The van der Waals surface area contributed by atoms with E-state index in [9.17, 15) is 4.79 Å². The van der Waals surface area contributed by atoms with E-state index in [1.54, 1.807) is 0 Å². The number of unbranched alkanes of at least 4 members (excludes halogenated alkanes) is 3. The number of allylic oxidation sites excluding steroid dienone is 2. The second-order valence-corrected chi connectivity index (χ2v) is 2.97. The third-order valence-corrected chi connectivity index (χ3v) is 1.67. The number of hydrogen-bond donors (Lipinski definition) is 0. The minimum atomic E-state index is 0.637. The highest BCUT2D eigenvalue weighted by atomic mass is 16.1. The highest BCUT2D eigenvalue weighted by Gasteiger charge is 1.86. The molecule has 0 fully saturated rings. The summed E-state index contributed by atoms with van der Waals surface area (Å²) in [7, 11) is 0. The van der Waals surface area contributed by atoms with Gasteiger partial charge in [0, 0.05) is 6.42 Å². The largest absolute Gasteiger partial charge is 0.297 e. The molecule has 0 aromatic rings. The van der Waals surface area contributed by atoms with Crippen molar-refractivity contribution in [2.24, 2.45) is 0 Å². The third-order valence-electron chi connectivity index (χ3n) is 1.67. The lowest BCUT2D eigenvalue weighted by Gasteiger charge is -1.87. The molecule has 0 saturated carbocycles. The number of carbonyl (C=O) groups excluding carboxylic acids is 1. The zero-order valence-electron chi connectivity index (χ0n) is 8.60. The van der Waals surface area contributed by atoms with E-state index in [1.165, 1.54) is 0 Å². The van der Waals surface area contributed by atoms with Crippen LogP contribution < -0.4 is 0 Å². The first kappa shape index (κ1) is 12.0. The minimum absolute atomic E-state index is 0.637. The molecule has 0 aliphatic heterocycles. The van der Waals surface area contributed by atoms with Crippen LogP contribution in [0, 0.1) is 11.8 Å². The molecule has 0 amide bonds. The number of aldehydes is 1. The van der Waals surface area contributed by atoms with Gasteiger partial charge in [-0.3, -0.25) is 4.79 Å². The molecule has 0 unspecified atom stereocenters. The van der Waals surface area contributed by atoms with Crippen LogP contribution in [0.4, 0.5) is 0 Å². The standard InChI is InChI=1S/C12H18O/c1-3-5-7-8-10-12(11-13)9-6-4-2/h9,11H,3-7H2,1-2H3/b12-9-. The Balaban J connectivity index is 3.93. The van der Waals surface area contributed by atoms with Gasteiger partial charge in [0.05, 0.1) is 5.57 Å². The van der Waals surface area contributed by atoms with Crippen LogP contribution in [0.3, 0.4) is 0 Å². The fourth-order valence-electron chi connectivity index (χ4n) is 0.858. The maximum absolute atomic E-state index is 10.5. The van der Waals surface area contributed by atoms with Crippen molar-refractivity contribution in [3.8, 4) is 11.8 Å². The van der Waals surface area contributed by atoms with Crippen molar-refractivity contribution < 1.29 is 4.79 Å². The van der Waals surface area contributed by atoms with Crippen molar-refractivity contribution in [1.82, 2.24) is 0 Å². The summed E-state index contributed by atoms with van der Waals surface area (Å²) in [4.78, 5) is 10.5. The molecule has 0 heterocycles. The second-order valence-electron chi connectivity index (χ2n) is 2.97. The molecule has 0 N–H and O–H groups in total. The van der Waals surface area contributed by atoms with E-state index in [2.05, 4.69) is 25.7 Å². The van der Waals surface area contributed by atoms with Crippen LogP contribution in [0.2, 0.25) is 0 Å². The Morgan fingerprint density at radius 3 is 2.62 bits per heavy atom. The summed E-state index contributed by atoms with van der Waals surface area (Å²) in [6, 6.07) is 0. The molecule has 0 rings (SSSR count). The molecule has 0 atom stereocenters. The van der Waals surface area contributed by atoms with E-state index in [4.69, 9.17) is 0 Å². The van der Waals surface area contributed by atoms with Crippen LogP contribution in [0.15, 0.2) is 11.6 Å². The van der Waals surface area contributed by atoms with Crippen molar-refractivity contribution >= 4 is 6.29 Å². The fourth-order valence-corrected chi connectivity index (χ4v) is 0.858. The molecule has 0 spiro atoms. The Bertz CT molecular complexity index is 215. The highest BCUT2D eigenvalue weighted by Crippen LogP contribution is 1.96. The molecule has 0 radical (unpaired) electrons. The molecule has 0 aliphatic carbocycles. The Hall–Kier alpha value is -1.03. The average molecular weight is 178 g/mol. The quantitative estimate of drug-likeness (QED) is 0.273. The summed E-state index contributed by atoms with van der Waals surface area (Å²) in [5.41, 5.74) is 0.637. The van der Waals surface area contributed by atoms with Gasteiger partial charge in [0.2, 0.25) is 0 Å². The summed E-state index contributed by atoms with van der Waals surface area (Å²) in [5, 5.41) is 0. The zero-order chi connectivity index (χ0) is 9.94. The molecule has 1 heteroatoms. The lowest BCUT2D eigenvalue weighted by molar-refractivity contribution is -0.104. The van der Waals surface area contributed by atoms with Gasteiger partial charge in [-0.1, -0.05) is 44.6 Å². The monoisotopic (exact) mass is 178 g/mol. The van der Waals surface area contributed by atoms with E-state index >= 15 is 0 Å². The maximum atomic E-state index is 10.5. The van der Waals surface area contributed by atoms with Crippen molar-refractivity contribution in [2.45, 2.75) is 46.0 Å². The zero-order valence-corrected chi connectivity index (χ0v) is 8.60. The molecular formula is C12H18O. The van der Waals surface area contributed by atoms with Gasteiger partial charge in [-0.2, -0.15) is 0 Å². The molecule has 13 heavy (non-hydrogen) atoms. The molecule has 0 saturated heterocycles. The Morgan fingerprint density at radius 1 is 1.31 bits per heavy atom. The van der Waals surface area contributed by atoms with Crippen LogP contribution in [0.1, 0.15) is 46.0 Å². The van der Waals surface area contributed by atoms with Crippen LogP contribution in [-0.4, -0.2) is 6.29 Å². The topological polar surface area (TPSA) is 17.1 Å². The summed E-state index contributed by atoms with van der Waals surface area (Å²) in [6.07, 6.45) is 7.93. The van der Waals surface area contributed by atoms with Gasteiger partial charge >= 0.3 is 0 Å². The molecular weight excluding hydrogens is 160 g/mol. The van der Waals surface area contributed by atoms with Crippen molar-refractivity contribution in [3.05, 3.63) is 11.6 Å². The molecule has 0 aromatic heterocycles. The van der Waals surface area contributed by atoms with Gasteiger partial charge in [-0.25, -0.2) is 0 Å². The van der Waals surface area contributed by atoms with E-state index in [1.807, 2.05) is 6.08 Å². The molecule has 72 valence electrons. The second kappa shape index (κ2) is 9.06. The minimum Gasteiger partial charge on any atom is -0.297 e. The Morgan fingerprint density at radius 2 is 2.08 bits per heavy atom. The van der Waals surface area contributed by atoms with Crippen molar-refractivity contribution in [1.29, 1.82) is 0 Å². The third kappa shape index (κ3) is 7.33. The predicted molar refractivity (Wildman–Crippen MR) is 56.4 cm³/mol. The molecule has 1 nitrogen and oxygen atoms in total. The SMILES string of the molecule is CCC/C=C(/C#CCCCC)C=O. The van der Waals surface area contributed by atoms with Gasteiger partial charge in [-0.05, 0) is 12.8 Å². The van der Waals surface area contributed by atoms with E-state index in [-0.39, 0.29) is 0 Å². The summed E-state index contributed by atoms with van der Waals surface area (Å²) in [5.74, 6) is 5.88. The lowest BCUT2D eigenvalue weighted by atomic mass is 10.2. The van der Waals surface area contributed by atoms with Gasteiger partial charge in [0.1, 0.15) is 0 Å². The van der Waals surface area contributed by atoms with Crippen LogP contribution in [0.25, 0.3) is 0 Å². The Kier molecular flexibility index (Phi) is 8.34. The van der Waals surface area contributed by atoms with E-state index in [0.29, 0.717) is 5.57 Å². The Labute approximate surface area is 81.2 Å². The van der Waals surface area contributed by atoms with Crippen LogP contribution >= 0.6 is 0 Å². The number of rotatable bonds is 5. The fraction of sp³-hybridized carbons (Fsp3) is 0.583. The molecule has 0 aliphatic rings. The first-order chi connectivity index (χ1) is 6.35. The molecule has 0 aromatic carbocycles. The summed E-state index contributed by atoms with van der Waals surface area (Å²) < 4.78 is 0. The van der Waals surface area contributed by atoms with Gasteiger partial charge in [0.25, 0.3) is 0 Å². The lowest BCUT2D eigenvalue weighted by Crippen LogP contribution is -1.80. The van der Waals surface area contributed by atoms with Crippen LogP contribution in [-0.2, 0) is 4.79 Å². The average Bonchev–Trinajstić information content (AvgIpc) is 2.17. The van der Waals surface area contributed by atoms with Gasteiger partial charge in [0.15, 0.2) is 6.29 Å². The maximum Gasteiger partial charge on any atom is 0.158 e. The number of hydrogen-bond acceptors (Lipinski definition) is 1. The van der Waals surface area contributed by atoms with E-state index in [0.717, 1.165) is 38.4 Å². The van der Waals surface area contributed by atoms with Crippen molar-refractivity contribution in [2.75, 3.05) is 0 Å². The van der Waals surface area contributed by atoms with Gasteiger partial charge in [-0.15, -0.1) is 0 Å². The van der Waals surface area contributed by atoms with E-state index < -0.39 is 0 Å². The predicted octanol–water partition coefficient (Wildman–Crippen LogP) is 3.11. The molecule has 0 bridgehead atoms. The summed E-state index contributed by atoms with van der Waals surface area (Å²) >= 11 is 0. The van der Waals surface area contributed by atoms with Crippen LogP contribution in [0.5, 0.6) is 0 Å². The smallest absolute Gasteiger partial charge is 0.158 e.